The largest absolute Gasteiger partial charge is 0.478 e. The first-order valence-electron chi connectivity index (χ1n) is 11.2. The number of esters is 1. The van der Waals surface area contributed by atoms with Gasteiger partial charge in [0.2, 0.25) is 0 Å². The molecule has 0 amide bonds. The van der Waals surface area contributed by atoms with Crippen molar-refractivity contribution in [3.8, 4) is 17.9 Å². The van der Waals surface area contributed by atoms with Crippen LogP contribution in [0.3, 0.4) is 0 Å². The van der Waals surface area contributed by atoms with Gasteiger partial charge in [-0.05, 0) is 65.6 Å². The van der Waals surface area contributed by atoms with Crippen molar-refractivity contribution in [1.82, 2.24) is 0 Å². The van der Waals surface area contributed by atoms with Gasteiger partial charge >= 0.3 is 11.9 Å². The number of aromatic carboxylic acids is 1. The molecule has 3 aromatic carbocycles. The molecule has 6 heteroatoms. The summed E-state index contributed by atoms with van der Waals surface area (Å²) < 4.78 is 5.25. The summed E-state index contributed by atoms with van der Waals surface area (Å²) in [5.41, 5.74) is 3.33. The van der Waals surface area contributed by atoms with E-state index in [1.807, 2.05) is 48.5 Å². The number of unbranched alkanes of at least 4 members (excludes halogenated alkanes) is 1. The maximum absolute atomic E-state index is 12.4. The molecule has 0 heterocycles. The Hall–Kier alpha value is -4.68. The lowest BCUT2D eigenvalue weighted by Gasteiger charge is -2.18. The van der Waals surface area contributed by atoms with Crippen LogP contribution in [0.1, 0.15) is 64.7 Å². The van der Waals surface area contributed by atoms with Crippen LogP contribution in [0.5, 0.6) is 5.75 Å². The van der Waals surface area contributed by atoms with E-state index in [0.717, 1.165) is 30.4 Å². The molecule has 1 unspecified atom stereocenters. The van der Waals surface area contributed by atoms with Crippen molar-refractivity contribution >= 4 is 18.0 Å². The second-order valence-corrected chi connectivity index (χ2v) is 7.98. The van der Waals surface area contributed by atoms with Crippen LogP contribution in [0.4, 0.5) is 0 Å². The van der Waals surface area contributed by atoms with E-state index >= 15 is 0 Å². The minimum absolute atomic E-state index is 0.104. The fourth-order valence-electron chi connectivity index (χ4n) is 3.68. The second-order valence-electron chi connectivity index (χ2n) is 7.98. The summed E-state index contributed by atoms with van der Waals surface area (Å²) >= 11 is 0. The van der Waals surface area contributed by atoms with Crippen LogP contribution in [0.25, 0.3) is 6.08 Å². The number of ether oxygens (including phenoxy) is 1. The number of hydrogen-bond acceptors (Lipinski definition) is 5. The molecule has 0 aliphatic carbocycles. The second kappa shape index (κ2) is 12.0. The highest BCUT2D eigenvalue weighted by Gasteiger charge is 2.16. The summed E-state index contributed by atoms with van der Waals surface area (Å²) in [4.78, 5) is 23.6. The SMILES string of the molecule is CCCCC(c1ccc(C=C(C#N)C(=O)Oc2ccc(C#N)cc2)cc1)c1ccc(C(=O)O)cc1. The van der Waals surface area contributed by atoms with Crippen LogP contribution < -0.4 is 4.74 Å². The van der Waals surface area contributed by atoms with Crippen molar-refractivity contribution in [2.75, 3.05) is 0 Å². The Kier molecular flexibility index (Phi) is 8.53. The van der Waals surface area contributed by atoms with Crippen LogP contribution in [0, 0.1) is 22.7 Å². The Morgan fingerprint density at radius 1 is 0.943 bits per heavy atom. The quantitative estimate of drug-likeness (QED) is 0.177. The maximum Gasteiger partial charge on any atom is 0.354 e. The monoisotopic (exact) mass is 464 g/mol. The fourth-order valence-corrected chi connectivity index (χ4v) is 3.68. The number of nitrogens with zero attached hydrogens (tertiary/aromatic N) is 2. The molecular weight excluding hydrogens is 440 g/mol. The topological polar surface area (TPSA) is 111 Å². The third kappa shape index (κ3) is 6.66. The van der Waals surface area contributed by atoms with Crippen molar-refractivity contribution in [2.24, 2.45) is 0 Å². The number of carboxylic acids is 1. The molecule has 0 radical (unpaired) electrons. The van der Waals surface area contributed by atoms with Crippen molar-refractivity contribution < 1.29 is 19.4 Å². The summed E-state index contributed by atoms with van der Waals surface area (Å²) in [6.07, 6.45) is 4.45. The van der Waals surface area contributed by atoms with Gasteiger partial charge < -0.3 is 9.84 Å². The van der Waals surface area contributed by atoms with Crippen molar-refractivity contribution in [2.45, 2.75) is 32.1 Å². The van der Waals surface area contributed by atoms with E-state index in [9.17, 15) is 14.9 Å². The van der Waals surface area contributed by atoms with E-state index in [1.54, 1.807) is 12.1 Å². The zero-order valence-electron chi connectivity index (χ0n) is 19.3. The Morgan fingerprint density at radius 3 is 2.06 bits per heavy atom. The van der Waals surface area contributed by atoms with E-state index < -0.39 is 11.9 Å². The van der Waals surface area contributed by atoms with Gasteiger partial charge in [-0.1, -0.05) is 56.2 Å². The number of nitriles is 2. The van der Waals surface area contributed by atoms with Crippen molar-refractivity contribution in [3.05, 3.63) is 106 Å². The van der Waals surface area contributed by atoms with Gasteiger partial charge in [-0.15, -0.1) is 0 Å². The molecule has 1 N–H and O–H groups in total. The highest BCUT2D eigenvalue weighted by atomic mass is 16.5. The minimum atomic E-state index is -0.955. The predicted molar refractivity (Wildman–Crippen MR) is 132 cm³/mol. The van der Waals surface area contributed by atoms with E-state index in [2.05, 4.69) is 6.92 Å². The summed E-state index contributed by atoms with van der Waals surface area (Å²) in [6.45, 7) is 2.12. The Balaban J connectivity index is 1.79. The summed E-state index contributed by atoms with van der Waals surface area (Å²) in [5, 5.41) is 27.5. The zero-order valence-corrected chi connectivity index (χ0v) is 19.3. The molecule has 0 aliphatic heterocycles. The lowest BCUT2D eigenvalue weighted by atomic mass is 9.86. The van der Waals surface area contributed by atoms with Gasteiger partial charge in [0.05, 0.1) is 17.2 Å². The molecule has 0 fully saturated rings. The van der Waals surface area contributed by atoms with E-state index in [4.69, 9.17) is 15.1 Å². The van der Waals surface area contributed by atoms with Gasteiger partial charge in [-0.3, -0.25) is 0 Å². The van der Waals surface area contributed by atoms with Crippen LogP contribution in [-0.4, -0.2) is 17.0 Å². The number of rotatable bonds is 9. The first-order chi connectivity index (χ1) is 16.9. The van der Waals surface area contributed by atoms with E-state index in [0.29, 0.717) is 11.1 Å². The molecular formula is C29H24N2O4. The van der Waals surface area contributed by atoms with Gasteiger partial charge in [0, 0.05) is 5.92 Å². The highest BCUT2D eigenvalue weighted by molar-refractivity contribution is 5.99. The summed E-state index contributed by atoms with van der Waals surface area (Å²) in [6, 6.07) is 24.5. The molecule has 6 nitrogen and oxygen atoms in total. The average Bonchev–Trinajstić information content (AvgIpc) is 2.89. The van der Waals surface area contributed by atoms with Gasteiger partial charge in [0.25, 0.3) is 0 Å². The van der Waals surface area contributed by atoms with Crippen LogP contribution in [-0.2, 0) is 4.79 Å². The molecule has 174 valence electrons. The van der Waals surface area contributed by atoms with Crippen molar-refractivity contribution in [3.63, 3.8) is 0 Å². The fraction of sp³-hybridized carbons (Fsp3) is 0.172. The third-order valence-corrected chi connectivity index (χ3v) is 5.59. The molecule has 0 aromatic heterocycles. The summed E-state index contributed by atoms with van der Waals surface area (Å²) in [5.74, 6) is -1.38. The predicted octanol–water partition coefficient (Wildman–Crippen LogP) is 6.09. The van der Waals surface area contributed by atoms with Gasteiger partial charge in [0.1, 0.15) is 17.4 Å². The highest BCUT2D eigenvalue weighted by Crippen LogP contribution is 2.30. The number of carbonyl (C=O) groups excluding carboxylic acids is 1. The normalized spacial score (nSPS) is 11.7. The number of carboxylic acid groups (broad SMARTS) is 1. The smallest absolute Gasteiger partial charge is 0.354 e. The Bertz CT molecular complexity index is 1290. The number of carbonyl (C=O) groups is 2. The Labute approximate surface area is 204 Å². The van der Waals surface area contributed by atoms with Crippen LogP contribution in [0.15, 0.2) is 78.4 Å². The van der Waals surface area contributed by atoms with E-state index in [-0.39, 0.29) is 22.8 Å². The summed E-state index contributed by atoms with van der Waals surface area (Å²) in [7, 11) is 0. The van der Waals surface area contributed by atoms with E-state index in [1.165, 1.54) is 30.3 Å². The molecule has 0 bridgehead atoms. The van der Waals surface area contributed by atoms with Crippen LogP contribution >= 0.6 is 0 Å². The minimum Gasteiger partial charge on any atom is -0.478 e. The molecule has 0 aliphatic rings. The number of hydrogen-bond donors (Lipinski definition) is 1. The molecule has 35 heavy (non-hydrogen) atoms. The van der Waals surface area contributed by atoms with Crippen LogP contribution in [0.2, 0.25) is 0 Å². The van der Waals surface area contributed by atoms with Gasteiger partial charge in [0.15, 0.2) is 0 Å². The van der Waals surface area contributed by atoms with Gasteiger partial charge in [-0.2, -0.15) is 10.5 Å². The standard InChI is InChI=1S/C29H24N2O4/c1-2-3-4-27(23-11-13-24(14-12-23)28(32)33)22-9-5-20(6-10-22)17-25(19-31)29(34)35-26-15-7-21(18-30)8-16-26/h5-17,27H,2-4H2,1H3,(H,32,33). The molecule has 0 spiro atoms. The molecule has 0 saturated carbocycles. The zero-order chi connectivity index (χ0) is 25.2. The first kappa shape index (κ1) is 25.0. The lowest BCUT2D eigenvalue weighted by Crippen LogP contribution is -2.10. The molecule has 0 saturated heterocycles. The Morgan fingerprint density at radius 2 is 1.54 bits per heavy atom. The average molecular weight is 465 g/mol. The lowest BCUT2D eigenvalue weighted by molar-refractivity contribution is -0.129. The van der Waals surface area contributed by atoms with Gasteiger partial charge in [-0.25, -0.2) is 9.59 Å². The van der Waals surface area contributed by atoms with Crippen molar-refractivity contribution in [1.29, 1.82) is 10.5 Å². The molecule has 1 atom stereocenters. The molecule has 3 aromatic rings. The first-order valence-corrected chi connectivity index (χ1v) is 11.2. The third-order valence-electron chi connectivity index (χ3n) is 5.59. The maximum atomic E-state index is 12.4. The molecule has 3 rings (SSSR count). The number of benzene rings is 3.